The van der Waals surface area contributed by atoms with Crippen molar-refractivity contribution in [2.45, 2.75) is 24.3 Å². The molecule has 3 rings (SSSR count). The third-order valence-electron chi connectivity index (χ3n) is 4.69. The van der Waals surface area contributed by atoms with Crippen molar-refractivity contribution in [3.63, 3.8) is 0 Å². The highest BCUT2D eigenvalue weighted by molar-refractivity contribution is 7.87. The van der Waals surface area contributed by atoms with Crippen LogP contribution in [0.1, 0.15) is 24.2 Å². The monoisotopic (exact) mass is 389 g/mol. The van der Waals surface area contributed by atoms with Crippen LogP contribution in [0.25, 0.3) is 0 Å². The second-order valence-corrected chi connectivity index (χ2v) is 8.41. The molecule has 1 saturated heterocycles. The average molecular weight is 389 g/mol. The van der Waals surface area contributed by atoms with Gasteiger partial charge in [-0.1, -0.05) is 30.3 Å². The zero-order chi connectivity index (χ0) is 19.5. The summed E-state index contributed by atoms with van der Waals surface area (Å²) in [6.45, 7) is 6.28. The molecular formula is C20H23NO5S. The molecule has 0 aliphatic carbocycles. The molecule has 0 aromatic heterocycles. The van der Waals surface area contributed by atoms with E-state index in [1.54, 1.807) is 30.3 Å². The van der Waals surface area contributed by atoms with Crippen molar-refractivity contribution in [2.24, 2.45) is 0 Å². The summed E-state index contributed by atoms with van der Waals surface area (Å²) in [5.41, 5.74) is -0.312. The summed E-state index contributed by atoms with van der Waals surface area (Å²) in [5.74, 6) is 0.0226. The highest BCUT2D eigenvalue weighted by Gasteiger charge is 2.36. The van der Waals surface area contributed by atoms with Crippen molar-refractivity contribution in [1.82, 2.24) is 4.90 Å². The summed E-state index contributed by atoms with van der Waals surface area (Å²) in [7, 11) is -3.95. The summed E-state index contributed by atoms with van der Waals surface area (Å²) >= 11 is 0. The van der Waals surface area contributed by atoms with E-state index in [0.717, 1.165) is 0 Å². The number of ether oxygens (including phenoxy) is 1. The molecule has 27 heavy (non-hydrogen) atoms. The van der Waals surface area contributed by atoms with Crippen LogP contribution in [0.4, 0.5) is 0 Å². The first-order valence-electron chi connectivity index (χ1n) is 8.78. The molecule has 7 heteroatoms. The number of hydrogen-bond acceptors (Lipinski definition) is 6. The van der Waals surface area contributed by atoms with E-state index >= 15 is 0 Å². The first-order chi connectivity index (χ1) is 12.8. The van der Waals surface area contributed by atoms with Gasteiger partial charge in [0.15, 0.2) is 5.78 Å². The summed E-state index contributed by atoms with van der Waals surface area (Å²) in [6, 6.07) is 14.2. The van der Waals surface area contributed by atoms with Crippen LogP contribution in [0.2, 0.25) is 0 Å². The Bertz CT molecular complexity index is 903. The predicted molar refractivity (Wildman–Crippen MR) is 101 cm³/mol. The third kappa shape index (κ3) is 4.37. The minimum atomic E-state index is -3.95. The maximum atomic E-state index is 13.1. The molecule has 0 unspecified atom stereocenters. The summed E-state index contributed by atoms with van der Waals surface area (Å²) in [6.07, 6.45) is 0. The van der Waals surface area contributed by atoms with Crippen LogP contribution in [0, 0.1) is 0 Å². The number of carbonyl (C=O) groups is 1. The van der Waals surface area contributed by atoms with Crippen LogP contribution in [0.15, 0.2) is 59.5 Å². The zero-order valence-corrected chi connectivity index (χ0v) is 16.2. The number of hydrogen-bond donors (Lipinski definition) is 0. The summed E-state index contributed by atoms with van der Waals surface area (Å²) in [5, 5.41) is 0. The molecule has 0 N–H and O–H groups in total. The van der Waals surface area contributed by atoms with Crippen molar-refractivity contribution in [3.8, 4) is 5.75 Å². The fourth-order valence-corrected chi connectivity index (χ4v) is 4.01. The zero-order valence-electron chi connectivity index (χ0n) is 15.4. The van der Waals surface area contributed by atoms with Gasteiger partial charge in [-0.25, -0.2) is 0 Å². The normalized spacial score (nSPS) is 16.1. The van der Waals surface area contributed by atoms with Crippen LogP contribution >= 0.6 is 0 Å². The second kappa shape index (κ2) is 7.80. The lowest BCUT2D eigenvalue weighted by molar-refractivity contribution is -0.00430. The van der Waals surface area contributed by atoms with E-state index in [9.17, 15) is 13.2 Å². The minimum absolute atomic E-state index is 0.0652. The lowest BCUT2D eigenvalue weighted by atomic mass is 9.91. The molecule has 1 heterocycles. The molecule has 0 bridgehead atoms. The van der Waals surface area contributed by atoms with Gasteiger partial charge in [-0.05, 0) is 38.1 Å². The molecule has 1 aliphatic heterocycles. The molecule has 0 atom stereocenters. The number of rotatable bonds is 6. The standard InChI is InChI=1S/C20H23NO5S/c1-20(2,21-11-13-25-14-12-21)19(22)16-7-6-8-17(15-16)26-27(23,24)18-9-4-3-5-10-18/h3-10,15H,11-14H2,1-2H3. The Hall–Kier alpha value is -2.22. The minimum Gasteiger partial charge on any atom is -0.379 e. The Labute approximate surface area is 159 Å². The number of nitrogens with zero attached hydrogens (tertiary/aromatic N) is 1. The number of carbonyl (C=O) groups excluding carboxylic acids is 1. The van der Waals surface area contributed by atoms with Crippen molar-refractivity contribution in [2.75, 3.05) is 26.3 Å². The van der Waals surface area contributed by atoms with Crippen molar-refractivity contribution >= 4 is 15.9 Å². The third-order valence-corrected chi connectivity index (χ3v) is 5.95. The molecule has 2 aromatic carbocycles. The fourth-order valence-electron chi connectivity index (χ4n) is 3.07. The SMILES string of the molecule is CC(C)(C(=O)c1cccc(OS(=O)(=O)c2ccccc2)c1)N1CCOCC1. The van der Waals surface area contributed by atoms with Crippen molar-refractivity contribution < 1.29 is 22.1 Å². The van der Waals surface area contributed by atoms with E-state index in [1.807, 2.05) is 13.8 Å². The fraction of sp³-hybridized carbons (Fsp3) is 0.350. The lowest BCUT2D eigenvalue weighted by Crippen LogP contribution is -2.54. The molecule has 0 radical (unpaired) electrons. The van der Waals surface area contributed by atoms with E-state index in [4.69, 9.17) is 8.92 Å². The highest BCUT2D eigenvalue weighted by atomic mass is 32.2. The molecule has 0 spiro atoms. The van der Waals surface area contributed by atoms with E-state index in [1.165, 1.54) is 24.3 Å². The van der Waals surface area contributed by atoms with Gasteiger partial charge in [0.1, 0.15) is 10.6 Å². The van der Waals surface area contributed by atoms with E-state index in [2.05, 4.69) is 4.90 Å². The Morgan fingerprint density at radius 3 is 2.37 bits per heavy atom. The van der Waals surface area contributed by atoms with Crippen molar-refractivity contribution in [1.29, 1.82) is 0 Å². The molecule has 144 valence electrons. The number of Topliss-reactive ketones (excluding diaryl/α,β-unsaturated/α-hetero) is 1. The molecule has 2 aromatic rings. The number of ketones is 1. The molecule has 1 fully saturated rings. The van der Waals surface area contributed by atoms with Crippen LogP contribution in [-0.4, -0.2) is 50.9 Å². The number of benzene rings is 2. The molecule has 6 nitrogen and oxygen atoms in total. The van der Waals surface area contributed by atoms with Crippen LogP contribution in [-0.2, 0) is 14.9 Å². The Morgan fingerprint density at radius 2 is 1.70 bits per heavy atom. The Kier molecular flexibility index (Phi) is 5.64. The Balaban J connectivity index is 1.82. The maximum absolute atomic E-state index is 13.1. The second-order valence-electron chi connectivity index (χ2n) is 6.87. The average Bonchev–Trinajstić information content (AvgIpc) is 2.68. The van der Waals surface area contributed by atoms with Gasteiger partial charge in [-0.15, -0.1) is 0 Å². The predicted octanol–water partition coefficient (Wildman–Crippen LogP) is 2.75. The van der Waals surface area contributed by atoms with Gasteiger partial charge in [0.2, 0.25) is 0 Å². The highest BCUT2D eigenvalue weighted by Crippen LogP contribution is 2.25. The van der Waals surface area contributed by atoms with Crippen LogP contribution in [0.5, 0.6) is 5.75 Å². The van der Waals surface area contributed by atoms with Crippen LogP contribution < -0.4 is 4.18 Å². The molecular weight excluding hydrogens is 366 g/mol. The first kappa shape index (κ1) is 19.5. The van der Waals surface area contributed by atoms with Crippen molar-refractivity contribution in [3.05, 3.63) is 60.2 Å². The van der Waals surface area contributed by atoms with Gasteiger partial charge in [0, 0.05) is 18.7 Å². The van der Waals surface area contributed by atoms with Gasteiger partial charge < -0.3 is 8.92 Å². The molecule has 0 amide bonds. The van der Waals surface area contributed by atoms with Gasteiger partial charge in [0.05, 0.1) is 18.8 Å². The largest absolute Gasteiger partial charge is 0.379 e. The summed E-state index contributed by atoms with van der Waals surface area (Å²) in [4.78, 5) is 15.2. The lowest BCUT2D eigenvalue weighted by Gasteiger charge is -2.39. The van der Waals surface area contributed by atoms with E-state index < -0.39 is 15.7 Å². The van der Waals surface area contributed by atoms with Gasteiger partial charge in [-0.2, -0.15) is 8.42 Å². The van der Waals surface area contributed by atoms with E-state index in [-0.39, 0.29) is 16.4 Å². The van der Waals surface area contributed by atoms with Gasteiger partial charge >= 0.3 is 10.1 Å². The topological polar surface area (TPSA) is 72.9 Å². The Morgan fingerprint density at radius 1 is 1.04 bits per heavy atom. The van der Waals surface area contributed by atoms with Gasteiger partial charge in [-0.3, -0.25) is 9.69 Å². The number of morpholine rings is 1. The molecule has 0 saturated carbocycles. The maximum Gasteiger partial charge on any atom is 0.339 e. The summed E-state index contributed by atoms with van der Waals surface area (Å²) < 4.78 is 35.4. The molecule has 1 aliphatic rings. The van der Waals surface area contributed by atoms with Crippen LogP contribution in [0.3, 0.4) is 0 Å². The first-order valence-corrected chi connectivity index (χ1v) is 10.2. The van der Waals surface area contributed by atoms with E-state index in [0.29, 0.717) is 31.9 Å². The smallest absolute Gasteiger partial charge is 0.339 e. The van der Waals surface area contributed by atoms with Gasteiger partial charge in [0.25, 0.3) is 0 Å². The quantitative estimate of drug-likeness (QED) is 0.559.